The lowest BCUT2D eigenvalue weighted by atomic mass is 9.95. The molecular formula is C24H27NO7. The van der Waals surface area contributed by atoms with Crippen molar-refractivity contribution < 1.29 is 34.0 Å². The third kappa shape index (κ3) is 4.55. The van der Waals surface area contributed by atoms with E-state index in [1.54, 1.807) is 36.4 Å². The fourth-order valence-corrected chi connectivity index (χ4v) is 3.60. The molecule has 1 heterocycles. The molecule has 1 fully saturated rings. The maximum absolute atomic E-state index is 13.0. The van der Waals surface area contributed by atoms with Crippen LogP contribution in [0.2, 0.25) is 0 Å². The molecule has 0 bridgehead atoms. The number of ketones is 1. The lowest BCUT2D eigenvalue weighted by Gasteiger charge is -2.25. The van der Waals surface area contributed by atoms with Crippen molar-refractivity contribution in [3.63, 3.8) is 0 Å². The summed E-state index contributed by atoms with van der Waals surface area (Å²) in [5.74, 6) is -1.05. The minimum atomic E-state index is -0.865. The maximum Gasteiger partial charge on any atom is 0.295 e. The highest BCUT2D eigenvalue weighted by Crippen LogP contribution is 2.41. The molecule has 2 aromatic rings. The highest BCUT2D eigenvalue weighted by molar-refractivity contribution is 6.46. The first-order valence-corrected chi connectivity index (χ1v) is 10.3. The number of carbonyl (C=O) groups excluding carboxylic acids is 2. The van der Waals surface area contributed by atoms with Gasteiger partial charge in [0.15, 0.2) is 11.5 Å². The van der Waals surface area contributed by atoms with Gasteiger partial charge in [-0.25, -0.2) is 0 Å². The van der Waals surface area contributed by atoms with Gasteiger partial charge in [0.05, 0.1) is 31.9 Å². The Hall–Kier alpha value is -3.52. The summed E-state index contributed by atoms with van der Waals surface area (Å²) in [4.78, 5) is 27.1. The van der Waals surface area contributed by atoms with Crippen molar-refractivity contribution in [1.29, 1.82) is 0 Å². The summed E-state index contributed by atoms with van der Waals surface area (Å²) < 4.78 is 15.8. The highest BCUT2D eigenvalue weighted by Gasteiger charge is 2.46. The Bertz CT molecular complexity index is 1010. The Morgan fingerprint density at radius 1 is 1.06 bits per heavy atom. The van der Waals surface area contributed by atoms with Gasteiger partial charge in [0, 0.05) is 19.2 Å². The summed E-state index contributed by atoms with van der Waals surface area (Å²) in [6.45, 7) is 2.93. The molecule has 170 valence electrons. The van der Waals surface area contributed by atoms with E-state index in [0.29, 0.717) is 23.5 Å². The number of aliphatic hydroxyl groups excluding tert-OH is 1. The Morgan fingerprint density at radius 2 is 1.78 bits per heavy atom. The smallest absolute Gasteiger partial charge is 0.295 e. The van der Waals surface area contributed by atoms with Crippen molar-refractivity contribution in [1.82, 2.24) is 4.90 Å². The van der Waals surface area contributed by atoms with Crippen molar-refractivity contribution >= 4 is 17.4 Å². The number of benzene rings is 2. The third-order valence-electron chi connectivity index (χ3n) is 5.20. The van der Waals surface area contributed by atoms with Crippen LogP contribution in [0.25, 0.3) is 5.76 Å². The Kier molecular flexibility index (Phi) is 7.37. The minimum absolute atomic E-state index is 0.0407. The number of aliphatic hydroxyl groups is 1. The molecule has 0 saturated carbocycles. The predicted octanol–water partition coefficient (Wildman–Crippen LogP) is 3.26. The first kappa shape index (κ1) is 23.1. The van der Waals surface area contributed by atoms with Gasteiger partial charge in [-0.3, -0.25) is 9.59 Å². The van der Waals surface area contributed by atoms with Crippen molar-refractivity contribution in [2.24, 2.45) is 0 Å². The van der Waals surface area contributed by atoms with Gasteiger partial charge in [-0.15, -0.1) is 0 Å². The SMILES string of the molecule is CCCOc1ccc(/C(O)=C2\C(=O)C(=O)N(CCOC)C2c2ccc(O)c(OC)c2)cc1. The van der Waals surface area contributed by atoms with Crippen LogP contribution >= 0.6 is 0 Å². The van der Waals surface area contributed by atoms with E-state index in [-0.39, 0.29) is 36.0 Å². The van der Waals surface area contributed by atoms with Crippen LogP contribution in [0.3, 0.4) is 0 Å². The van der Waals surface area contributed by atoms with Crippen LogP contribution < -0.4 is 9.47 Å². The highest BCUT2D eigenvalue weighted by atomic mass is 16.5. The van der Waals surface area contributed by atoms with Crippen LogP contribution in [0.1, 0.15) is 30.5 Å². The summed E-state index contributed by atoms with van der Waals surface area (Å²) in [5.41, 5.74) is 0.856. The van der Waals surface area contributed by atoms with E-state index in [0.717, 1.165) is 6.42 Å². The molecule has 2 N–H and O–H groups in total. The van der Waals surface area contributed by atoms with E-state index in [4.69, 9.17) is 14.2 Å². The summed E-state index contributed by atoms with van der Waals surface area (Å²) >= 11 is 0. The number of likely N-dealkylation sites (tertiary alicyclic amines) is 1. The maximum atomic E-state index is 13.0. The molecule has 1 amide bonds. The molecule has 1 unspecified atom stereocenters. The molecule has 0 spiro atoms. The number of methoxy groups -OCH3 is 2. The summed E-state index contributed by atoms with van der Waals surface area (Å²) in [7, 11) is 2.90. The van der Waals surface area contributed by atoms with Gasteiger partial charge >= 0.3 is 0 Å². The lowest BCUT2D eigenvalue weighted by molar-refractivity contribution is -0.140. The second-order valence-electron chi connectivity index (χ2n) is 7.29. The van der Waals surface area contributed by atoms with Crippen molar-refractivity contribution in [2.75, 3.05) is 34.0 Å². The zero-order valence-corrected chi connectivity index (χ0v) is 18.3. The van der Waals surface area contributed by atoms with Gasteiger partial charge in [0.1, 0.15) is 11.5 Å². The largest absolute Gasteiger partial charge is 0.507 e. The molecular weight excluding hydrogens is 414 g/mol. The van der Waals surface area contributed by atoms with E-state index >= 15 is 0 Å². The quantitative estimate of drug-likeness (QED) is 0.350. The van der Waals surface area contributed by atoms with Gasteiger partial charge in [0.2, 0.25) is 0 Å². The fourth-order valence-electron chi connectivity index (χ4n) is 3.60. The number of nitrogens with zero attached hydrogens (tertiary/aromatic N) is 1. The average molecular weight is 441 g/mol. The molecule has 32 heavy (non-hydrogen) atoms. The van der Waals surface area contributed by atoms with Crippen LogP contribution in [0.5, 0.6) is 17.2 Å². The van der Waals surface area contributed by atoms with E-state index in [1.165, 1.54) is 25.2 Å². The van der Waals surface area contributed by atoms with Crippen LogP contribution in [0.4, 0.5) is 0 Å². The Labute approximate surface area is 186 Å². The average Bonchev–Trinajstić information content (AvgIpc) is 3.06. The molecule has 1 atom stereocenters. The number of ether oxygens (including phenoxy) is 3. The Morgan fingerprint density at radius 3 is 2.41 bits per heavy atom. The minimum Gasteiger partial charge on any atom is -0.507 e. The van der Waals surface area contributed by atoms with Crippen molar-refractivity contribution in [2.45, 2.75) is 19.4 Å². The van der Waals surface area contributed by atoms with Gasteiger partial charge in [-0.1, -0.05) is 13.0 Å². The third-order valence-corrected chi connectivity index (χ3v) is 5.20. The number of rotatable bonds is 9. The number of carbonyl (C=O) groups is 2. The molecule has 0 aromatic heterocycles. The number of hydrogen-bond acceptors (Lipinski definition) is 7. The molecule has 3 rings (SSSR count). The van der Waals surface area contributed by atoms with Crippen molar-refractivity contribution in [3.8, 4) is 17.2 Å². The standard InChI is InChI=1S/C24H27NO7/c1-4-12-32-17-8-5-15(6-9-17)22(27)20-21(16-7-10-18(26)19(14-16)31-3)25(11-13-30-2)24(29)23(20)28/h5-10,14,21,26-27H,4,11-13H2,1-3H3/b22-20+. The zero-order chi connectivity index (χ0) is 23.3. The van der Waals surface area contributed by atoms with Gasteiger partial charge in [-0.05, 0) is 48.4 Å². The van der Waals surface area contributed by atoms with Gasteiger partial charge < -0.3 is 29.3 Å². The number of Topliss-reactive ketones (excluding diaryl/α,β-unsaturated/α-hetero) is 1. The molecule has 1 aliphatic heterocycles. The van der Waals surface area contributed by atoms with Crippen molar-refractivity contribution in [3.05, 3.63) is 59.2 Å². The Balaban J connectivity index is 2.09. The number of phenolic OH excluding ortho intramolecular Hbond substituents is 1. The molecule has 0 radical (unpaired) electrons. The molecule has 8 heteroatoms. The second kappa shape index (κ2) is 10.2. The first-order chi connectivity index (χ1) is 15.4. The monoisotopic (exact) mass is 441 g/mol. The van der Waals surface area contributed by atoms with E-state index in [1.807, 2.05) is 6.92 Å². The fraction of sp³-hybridized carbons (Fsp3) is 0.333. The number of aromatic hydroxyl groups is 1. The lowest BCUT2D eigenvalue weighted by Crippen LogP contribution is -2.32. The van der Waals surface area contributed by atoms with E-state index in [9.17, 15) is 19.8 Å². The van der Waals surface area contributed by atoms with Gasteiger partial charge in [0.25, 0.3) is 11.7 Å². The number of amides is 1. The van der Waals surface area contributed by atoms with Crippen LogP contribution in [-0.2, 0) is 14.3 Å². The molecule has 1 aliphatic rings. The molecule has 0 aliphatic carbocycles. The van der Waals surface area contributed by atoms with E-state index < -0.39 is 17.7 Å². The number of phenols is 1. The first-order valence-electron chi connectivity index (χ1n) is 10.3. The molecule has 2 aromatic carbocycles. The second-order valence-corrected chi connectivity index (χ2v) is 7.29. The van der Waals surface area contributed by atoms with Crippen LogP contribution in [0.15, 0.2) is 48.0 Å². The molecule has 8 nitrogen and oxygen atoms in total. The summed E-state index contributed by atoms with van der Waals surface area (Å²) in [6.07, 6.45) is 0.864. The summed E-state index contributed by atoms with van der Waals surface area (Å²) in [6, 6.07) is 10.4. The zero-order valence-electron chi connectivity index (χ0n) is 18.3. The topological polar surface area (TPSA) is 106 Å². The summed E-state index contributed by atoms with van der Waals surface area (Å²) in [5, 5.41) is 21.0. The predicted molar refractivity (Wildman–Crippen MR) is 118 cm³/mol. The van der Waals surface area contributed by atoms with Crippen LogP contribution in [-0.4, -0.2) is 60.8 Å². The van der Waals surface area contributed by atoms with Gasteiger partial charge in [-0.2, -0.15) is 0 Å². The normalized spacial score (nSPS) is 17.6. The number of hydrogen-bond donors (Lipinski definition) is 2. The van der Waals surface area contributed by atoms with Crippen LogP contribution in [0, 0.1) is 0 Å². The molecule has 1 saturated heterocycles. The van der Waals surface area contributed by atoms with E-state index in [2.05, 4.69) is 0 Å².